The Bertz CT molecular complexity index is 2070. The van der Waals surface area contributed by atoms with Crippen molar-refractivity contribution in [3.8, 4) is 0 Å². The van der Waals surface area contributed by atoms with E-state index in [9.17, 15) is 26.9 Å². The van der Waals surface area contributed by atoms with Crippen LogP contribution in [-0.2, 0) is 49.2 Å². The highest BCUT2D eigenvalue weighted by Crippen LogP contribution is 2.41. The average molecular weight is 889 g/mol. The zero-order valence-corrected chi connectivity index (χ0v) is 37.0. The lowest BCUT2D eigenvalue weighted by molar-refractivity contribution is -0.366. The van der Waals surface area contributed by atoms with Crippen LogP contribution in [0.5, 0.6) is 0 Å². The van der Waals surface area contributed by atoms with E-state index in [0.717, 1.165) is 5.56 Å². The van der Waals surface area contributed by atoms with E-state index in [2.05, 4.69) is 40.1 Å². The Morgan fingerprint density at radius 2 is 0.906 bits per heavy atom. The lowest BCUT2D eigenvalue weighted by Crippen LogP contribution is -2.64. The van der Waals surface area contributed by atoms with Crippen LogP contribution in [0.25, 0.3) is 41.8 Å². The first-order chi connectivity index (χ1) is 30.8. The van der Waals surface area contributed by atoms with Crippen molar-refractivity contribution >= 4 is 5.97 Å². The molecule has 0 spiro atoms. The van der Waals surface area contributed by atoms with Crippen molar-refractivity contribution in [2.24, 2.45) is 38.2 Å². The molecule has 344 valence electrons. The molecular weight excluding hydrogens is 833 g/mol. The first-order valence-corrected chi connectivity index (χ1v) is 21.5. The second-order valence-electron chi connectivity index (χ2n) is 16.8. The monoisotopic (exact) mass is 888 g/mol. The largest absolute Gasteiger partial charge is 0.453 e. The maximum absolute atomic E-state index is 13.6. The summed E-state index contributed by atoms with van der Waals surface area (Å²) >= 11 is 0. The number of rotatable bonds is 15. The maximum atomic E-state index is 13.6. The number of benzene rings is 2. The minimum atomic E-state index is -1.29. The third kappa shape index (κ3) is 10.8. The number of ether oxygens (including phenoxy) is 9. The molecule has 0 bridgehead atoms. The minimum Gasteiger partial charge on any atom is -0.453 e. The summed E-state index contributed by atoms with van der Waals surface area (Å²) in [5.41, 5.74) is 39.5. The van der Waals surface area contributed by atoms with Crippen LogP contribution in [-0.4, -0.2) is 110 Å². The predicted molar refractivity (Wildman–Crippen MR) is 228 cm³/mol. The molecule has 2 aromatic carbocycles. The van der Waals surface area contributed by atoms with E-state index in [1.165, 1.54) is 0 Å². The fraction of sp³-hybridized carbons (Fsp3) is 0.690. The molecule has 4 fully saturated rings. The SMILES string of the molecule is CC1O[C@H](O[C@@H]2C(OCc3ccccc3)[C@@H](OC3[C@@H](C)[C@H](N=[N+]=[N-])C(C)O[C@@H]3C)OC(C)[C@H]2N=[N+]=[N-])C(O[C@H]2OC(C)[C@@H](N=[N+]=[N-])[C@H](C)C2OC(=O)c2ccccc2)[C@@H](C)[C@@H]1N=[N+]=[N-]. The molecule has 8 unspecified atom stereocenters. The van der Waals surface area contributed by atoms with Gasteiger partial charge in [0.1, 0.15) is 18.3 Å². The normalized spacial score (nSPS) is 39.7. The fourth-order valence-electron chi connectivity index (χ4n) is 9.25. The maximum Gasteiger partial charge on any atom is 0.338 e. The number of hydrogen-bond acceptors (Lipinski definition) is 14. The van der Waals surface area contributed by atoms with Crippen molar-refractivity contribution in [1.82, 2.24) is 0 Å². The van der Waals surface area contributed by atoms with Crippen LogP contribution in [0.4, 0.5) is 0 Å². The Kier molecular flexibility index (Phi) is 16.7. The van der Waals surface area contributed by atoms with Crippen LogP contribution in [0, 0.1) is 17.8 Å². The van der Waals surface area contributed by atoms with Gasteiger partial charge in [0.15, 0.2) is 25.0 Å². The summed E-state index contributed by atoms with van der Waals surface area (Å²) in [5.74, 6) is -2.20. The second-order valence-corrected chi connectivity index (χ2v) is 16.8. The molecule has 4 aliphatic heterocycles. The summed E-state index contributed by atoms with van der Waals surface area (Å²) < 4.78 is 58.9. The van der Waals surface area contributed by atoms with Crippen molar-refractivity contribution in [2.45, 2.75) is 166 Å². The van der Waals surface area contributed by atoms with Gasteiger partial charge in [0, 0.05) is 25.6 Å². The Balaban J connectivity index is 1.38. The molecule has 4 saturated heterocycles. The zero-order valence-electron chi connectivity index (χ0n) is 37.0. The standard InChI is InChI=1S/C42H56N12O10/c1-20-30(47-51-43)23(4)57-27(8)34(20)62-42-38(56-19-28-15-11-9-12-16-28)37(33(50-54-46)26(7)60-42)64-41-36(22(3)32(49-53-45)25(6)59-41)63-40-35(21(2)31(48-52-44)24(5)58-40)61-39(55)29-17-13-10-14-18-29/h9-18,20-27,30-38,40-42H,19H2,1-8H3/t20-,21-,22-,23?,24?,25?,26?,27+,30-,31-,32-,33+,34?,35?,36?,37-,38?,40+,41+,42+/m0/s1. The molecule has 0 amide bonds. The van der Waals surface area contributed by atoms with E-state index < -0.39 is 116 Å². The van der Waals surface area contributed by atoms with Crippen LogP contribution < -0.4 is 0 Å². The van der Waals surface area contributed by atoms with Gasteiger partial charge in [-0.25, -0.2) is 4.79 Å². The molecule has 64 heavy (non-hydrogen) atoms. The van der Waals surface area contributed by atoms with Crippen molar-refractivity contribution in [3.05, 3.63) is 114 Å². The first-order valence-electron chi connectivity index (χ1n) is 21.5. The van der Waals surface area contributed by atoms with Gasteiger partial charge in [0.2, 0.25) is 0 Å². The summed E-state index contributed by atoms with van der Waals surface area (Å²) in [4.78, 5) is 25.9. The van der Waals surface area contributed by atoms with Crippen molar-refractivity contribution in [3.63, 3.8) is 0 Å². The summed E-state index contributed by atoms with van der Waals surface area (Å²) in [6.45, 7) is 14.4. The third-order valence-electron chi connectivity index (χ3n) is 12.6. The van der Waals surface area contributed by atoms with E-state index in [1.54, 1.807) is 58.0 Å². The van der Waals surface area contributed by atoms with E-state index in [-0.39, 0.29) is 24.2 Å². The van der Waals surface area contributed by atoms with Gasteiger partial charge in [-0.3, -0.25) is 0 Å². The second kappa shape index (κ2) is 22.1. The van der Waals surface area contributed by atoms with Gasteiger partial charge in [0.25, 0.3) is 0 Å². The number of esters is 1. The van der Waals surface area contributed by atoms with Crippen LogP contribution in [0.15, 0.2) is 81.1 Å². The van der Waals surface area contributed by atoms with Gasteiger partial charge in [-0.2, -0.15) is 0 Å². The average Bonchev–Trinajstić information content (AvgIpc) is 3.28. The first kappa shape index (κ1) is 48.3. The molecule has 2 aromatic rings. The highest BCUT2D eigenvalue weighted by molar-refractivity contribution is 5.89. The van der Waals surface area contributed by atoms with E-state index in [1.807, 2.05) is 58.0 Å². The summed E-state index contributed by atoms with van der Waals surface area (Å²) in [7, 11) is 0. The van der Waals surface area contributed by atoms with Gasteiger partial charge < -0.3 is 42.6 Å². The number of hydrogen-bond donors (Lipinski definition) is 0. The molecule has 4 aliphatic rings. The van der Waals surface area contributed by atoms with Gasteiger partial charge >= 0.3 is 5.97 Å². The Morgan fingerprint density at radius 1 is 0.500 bits per heavy atom. The summed E-state index contributed by atoms with van der Waals surface area (Å²) in [6, 6.07) is 14.7. The minimum absolute atomic E-state index is 0.0698. The van der Waals surface area contributed by atoms with Crippen LogP contribution in [0.3, 0.4) is 0 Å². The zero-order chi connectivity index (χ0) is 46.1. The van der Waals surface area contributed by atoms with Crippen LogP contribution >= 0.6 is 0 Å². The van der Waals surface area contributed by atoms with Gasteiger partial charge in [-0.1, -0.05) is 89.8 Å². The van der Waals surface area contributed by atoms with Gasteiger partial charge in [-0.05, 0) is 86.3 Å². The Labute approximate surface area is 370 Å². The molecule has 20 atom stereocenters. The van der Waals surface area contributed by atoms with Gasteiger partial charge in [0.05, 0.1) is 73.0 Å². The number of nitrogens with zero attached hydrogens (tertiary/aromatic N) is 12. The lowest BCUT2D eigenvalue weighted by atomic mass is 9.86. The quantitative estimate of drug-likeness (QED) is 0.0709. The topological polar surface area (TPSA) is 295 Å². The van der Waals surface area contributed by atoms with E-state index >= 15 is 0 Å². The van der Waals surface area contributed by atoms with Crippen molar-refractivity contribution < 1.29 is 47.4 Å². The van der Waals surface area contributed by atoms with E-state index in [0.29, 0.717) is 0 Å². The highest BCUT2D eigenvalue weighted by atomic mass is 16.8. The molecule has 0 aromatic heterocycles. The molecule has 22 nitrogen and oxygen atoms in total. The number of carbonyl (C=O) groups is 1. The third-order valence-corrected chi connectivity index (χ3v) is 12.6. The smallest absolute Gasteiger partial charge is 0.338 e. The molecule has 0 saturated carbocycles. The molecular formula is C42H56N12O10. The molecule has 6 rings (SSSR count). The molecule has 0 radical (unpaired) electrons. The van der Waals surface area contributed by atoms with Crippen LogP contribution in [0.2, 0.25) is 0 Å². The molecule has 22 heteroatoms. The van der Waals surface area contributed by atoms with Gasteiger partial charge in [-0.15, -0.1) is 0 Å². The molecule has 0 N–H and O–H groups in total. The summed E-state index contributed by atoms with van der Waals surface area (Å²) in [6.07, 6.45) is -11.8. The predicted octanol–water partition coefficient (Wildman–Crippen LogP) is 8.62. The van der Waals surface area contributed by atoms with E-state index in [4.69, 9.17) is 42.6 Å². The number of azide groups is 4. The highest BCUT2D eigenvalue weighted by Gasteiger charge is 2.54. The Morgan fingerprint density at radius 3 is 1.45 bits per heavy atom. The van der Waals surface area contributed by atoms with Crippen LogP contribution in [0.1, 0.15) is 71.3 Å². The van der Waals surface area contributed by atoms with Crippen molar-refractivity contribution in [2.75, 3.05) is 0 Å². The summed E-state index contributed by atoms with van der Waals surface area (Å²) in [5, 5.41) is 16.2. The molecule has 4 heterocycles. The lowest BCUT2D eigenvalue weighted by Gasteiger charge is -2.51. The Hall–Kier alpha value is -5.17. The van der Waals surface area contributed by atoms with Crippen molar-refractivity contribution in [1.29, 1.82) is 0 Å². The fourth-order valence-corrected chi connectivity index (χ4v) is 9.25. The molecule has 0 aliphatic carbocycles. The number of carbonyl (C=O) groups excluding carboxylic acids is 1.